The van der Waals surface area contributed by atoms with Gasteiger partial charge in [-0.25, -0.2) is 4.68 Å². The molecule has 5 heteroatoms. The lowest BCUT2D eigenvalue weighted by molar-refractivity contribution is -0.130. The van der Waals surface area contributed by atoms with E-state index >= 15 is 0 Å². The largest absolute Gasteiger partial charge is 0.340 e. The lowest BCUT2D eigenvalue weighted by Gasteiger charge is -2.15. The van der Waals surface area contributed by atoms with Crippen LogP contribution < -0.4 is 0 Å². The second-order valence-corrected chi connectivity index (χ2v) is 5.43. The summed E-state index contributed by atoms with van der Waals surface area (Å²) in [7, 11) is 0. The molecule has 98 valence electrons. The molecular weight excluding hydrogens is 228 g/mol. The van der Waals surface area contributed by atoms with Crippen LogP contribution in [0, 0.1) is 0 Å². The molecule has 0 radical (unpaired) electrons. The molecule has 0 bridgehead atoms. The van der Waals surface area contributed by atoms with E-state index in [9.17, 15) is 4.79 Å². The van der Waals surface area contributed by atoms with Crippen LogP contribution in [-0.4, -0.2) is 38.9 Å². The summed E-state index contributed by atoms with van der Waals surface area (Å²) in [5, 5.41) is 8.47. The molecule has 5 nitrogen and oxygen atoms in total. The fourth-order valence-electron chi connectivity index (χ4n) is 2.59. The maximum absolute atomic E-state index is 11.8. The van der Waals surface area contributed by atoms with E-state index in [-0.39, 0.29) is 5.91 Å². The standard InChI is InChI=1S/C13H20N4O/c1-2-3-13(18)16-7-6-11(8-16)17-9-12(14-15-17)10-4-5-10/h9-11H,2-8H2,1H3. The van der Waals surface area contributed by atoms with Crippen LogP contribution in [-0.2, 0) is 4.79 Å². The van der Waals surface area contributed by atoms with Crippen molar-refractivity contribution in [2.75, 3.05) is 13.1 Å². The highest BCUT2D eigenvalue weighted by Gasteiger charge is 2.30. The molecule has 1 aliphatic heterocycles. The van der Waals surface area contributed by atoms with E-state index in [2.05, 4.69) is 16.5 Å². The van der Waals surface area contributed by atoms with Gasteiger partial charge in [-0.05, 0) is 25.7 Å². The highest BCUT2D eigenvalue weighted by atomic mass is 16.2. The van der Waals surface area contributed by atoms with Crippen LogP contribution in [0.2, 0.25) is 0 Å². The van der Waals surface area contributed by atoms with E-state index < -0.39 is 0 Å². The molecule has 2 fully saturated rings. The van der Waals surface area contributed by atoms with Gasteiger partial charge in [-0.2, -0.15) is 0 Å². The quantitative estimate of drug-likeness (QED) is 0.815. The first-order chi connectivity index (χ1) is 8.78. The fraction of sp³-hybridized carbons (Fsp3) is 0.769. The third-order valence-electron chi connectivity index (χ3n) is 3.88. The van der Waals surface area contributed by atoms with Gasteiger partial charge in [0.2, 0.25) is 5.91 Å². The lowest BCUT2D eigenvalue weighted by atomic mass is 10.2. The van der Waals surface area contributed by atoms with Gasteiger partial charge in [0.15, 0.2) is 0 Å². The minimum absolute atomic E-state index is 0.280. The Labute approximate surface area is 107 Å². The molecule has 1 unspecified atom stereocenters. The van der Waals surface area contributed by atoms with Gasteiger partial charge in [0, 0.05) is 31.6 Å². The van der Waals surface area contributed by atoms with E-state index in [1.54, 1.807) is 0 Å². The van der Waals surface area contributed by atoms with Gasteiger partial charge in [-0.3, -0.25) is 4.79 Å². The van der Waals surface area contributed by atoms with Gasteiger partial charge in [0.05, 0.1) is 11.7 Å². The van der Waals surface area contributed by atoms with E-state index in [1.807, 2.05) is 16.5 Å². The van der Waals surface area contributed by atoms with Crippen LogP contribution in [0.4, 0.5) is 0 Å². The van der Waals surface area contributed by atoms with E-state index in [0.717, 1.165) is 31.6 Å². The maximum Gasteiger partial charge on any atom is 0.222 e. The molecule has 3 rings (SSSR count). The van der Waals surface area contributed by atoms with Crippen molar-refractivity contribution in [2.24, 2.45) is 0 Å². The van der Waals surface area contributed by atoms with Crippen molar-refractivity contribution in [2.45, 2.75) is 51.0 Å². The molecule has 1 aromatic rings. The molecule has 1 atom stereocenters. The zero-order valence-corrected chi connectivity index (χ0v) is 10.9. The number of carbonyl (C=O) groups excluding carboxylic acids is 1. The van der Waals surface area contributed by atoms with E-state index in [1.165, 1.54) is 12.8 Å². The molecule has 2 heterocycles. The number of hydrogen-bond acceptors (Lipinski definition) is 3. The Bertz CT molecular complexity index is 438. The summed E-state index contributed by atoms with van der Waals surface area (Å²) in [6, 6.07) is 0.325. The number of likely N-dealkylation sites (tertiary alicyclic amines) is 1. The summed E-state index contributed by atoms with van der Waals surface area (Å²) in [5.41, 5.74) is 1.13. The van der Waals surface area contributed by atoms with Crippen molar-refractivity contribution in [3.63, 3.8) is 0 Å². The summed E-state index contributed by atoms with van der Waals surface area (Å²) in [4.78, 5) is 13.8. The van der Waals surface area contributed by atoms with E-state index in [0.29, 0.717) is 18.4 Å². The number of rotatable bonds is 4. The number of nitrogens with zero attached hydrogens (tertiary/aromatic N) is 4. The number of hydrogen-bond donors (Lipinski definition) is 0. The third-order valence-corrected chi connectivity index (χ3v) is 3.88. The smallest absolute Gasteiger partial charge is 0.222 e. The Balaban J connectivity index is 1.61. The molecule has 1 saturated heterocycles. The molecule has 0 spiro atoms. The lowest BCUT2D eigenvalue weighted by Crippen LogP contribution is -2.28. The molecule has 1 saturated carbocycles. The molecule has 18 heavy (non-hydrogen) atoms. The summed E-state index contributed by atoms with van der Waals surface area (Å²) in [5.74, 6) is 0.931. The second kappa shape index (κ2) is 4.71. The molecule has 1 amide bonds. The second-order valence-electron chi connectivity index (χ2n) is 5.43. The normalized spacial score (nSPS) is 23.6. The third kappa shape index (κ3) is 2.26. The summed E-state index contributed by atoms with van der Waals surface area (Å²) < 4.78 is 1.97. The minimum atomic E-state index is 0.280. The monoisotopic (exact) mass is 248 g/mol. The Morgan fingerprint density at radius 2 is 2.28 bits per heavy atom. The number of aromatic nitrogens is 3. The van der Waals surface area contributed by atoms with Crippen molar-refractivity contribution in [1.82, 2.24) is 19.9 Å². The molecular formula is C13H20N4O. The first-order valence-electron chi connectivity index (χ1n) is 6.97. The van der Waals surface area contributed by atoms with Crippen molar-refractivity contribution in [3.8, 4) is 0 Å². The number of amides is 1. The first-order valence-corrected chi connectivity index (χ1v) is 6.97. The van der Waals surface area contributed by atoms with Crippen LogP contribution in [0.15, 0.2) is 6.20 Å². The van der Waals surface area contributed by atoms with Crippen LogP contribution in [0.5, 0.6) is 0 Å². The van der Waals surface area contributed by atoms with E-state index in [4.69, 9.17) is 0 Å². The summed E-state index contributed by atoms with van der Waals surface area (Å²) >= 11 is 0. The topological polar surface area (TPSA) is 51.0 Å². The van der Waals surface area contributed by atoms with Crippen LogP contribution in [0.3, 0.4) is 0 Å². The average molecular weight is 248 g/mol. The molecule has 1 aromatic heterocycles. The van der Waals surface area contributed by atoms with Crippen LogP contribution >= 0.6 is 0 Å². The van der Waals surface area contributed by atoms with Gasteiger partial charge in [0.1, 0.15) is 0 Å². The Morgan fingerprint density at radius 3 is 3.00 bits per heavy atom. The first kappa shape index (κ1) is 11.7. The zero-order chi connectivity index (χ0) is 12.5. The maximum atomic E-state index is 11.8. The van der Waals surface area contributed by atoms with Crippen LogP contribution in [0.1, 0.15) is 56.7 Å². The Morgan fingerprint density at radius 1 is 1.44 bits per heavy atom. The SMILES string of the molecule is CCCC(=O)N1CCC(n2cc(C3CC3)nn2)C1. The zero-order valence-electron chi connectivity index (χ0n) is 10.9. The van der Waals surface area contributed by atoms with Crippen molar-refractivity contribution < 1.29 is 4.79 Å². The van der Waals surface area contributed by atoms with Crippen molar-refractivity contribution in [1.29, 1.82) is 0 Å². The summed E-state index contributed by atoms with van der Waals surface area (Å²) in [6.07, 6.45) is 7.18. The predicted octanol–water partition coefficient (Wildman–Crippen LogP) is 1.73. The van der Waals surface area contributed by atoms with Gasteiger partial charge in [-0.1, -0.05) is 12.1 Å². The van der Waals surface area contributed by atoms with Gasteiger partial charge in [0.25, 0.3) is 0 Å². The molecule has 1 aliphatic carbocycles. The van der Waals surface area contributed by atoms with Gasteiger partial charge >= 0.3 is 0 Å². The highest BCUT2D eigenvalue weighted by molar-refractivity contribution is 5.76. The predicted molar refractivity (Wildman–Crippen MR) is 67.1 cm³/mol. The molecule has 0 N–H and O–H groups in total. The Kier molecular flexibility index (Phi) is 3.06. The van der Waals surface area contributed by atoms with Crippen molar-refractivity contribution >= 4 is 5.91 Å². The Hall–Kier alpha value is -1.39. The van der Waals surface area contributed by atoms with Gasteiger partial charge in [-0.15, -0.1) is 5.10 Å². The summed E-state index contributed by atoms with van der Waals surface area (Å²) in [6.45, 7) is 3.71. The minimum Gasteiger partial charge on any atom is -0.340 e. The van der Waals surface area contributed by atoms with Crippen LogP contribution in [0.25, 0.3) is 0 Å². The molecule has 0 aromatic carbocycles. The van der Waals surface area contributed by atoms with Crippen molar-refractivity contribution in [3.05, 3.63) is 11.9 Å². The molecule has 2 aliphatic rings. The fourth-order valence-corrected chi connectivity index (χ4v) is 2.59. The van der Waals surface area contributed by atoms with Gasteiger partial charge < -0.3 is 4.90 Å². The highest BCUT2D eigenvalue weighted by Crippen LogP contribution is 2.39. The number of carbonyl (C=O) groups is 1. The average Bonchev–Trinajstić information content (AvgIpc) is 2.93.